The van der Waals surface area contributed by atoms with E-state index in [1.165, 1.54) is 13.5 Å². The van der Waals surface area contributed by atoms with E-state index in [1.54, 1.807) is 23.1 Å². The number of hydrogen-bond donors (Lipinski definition) is 2. The number of phenols is 1. The van der Waals surface area contributed by atoms with Crippen molar-refractivity contribution in [1.29, 1.82) is 0 Å². The molecular formula is C21H30N2O5. The number of likely N-dealkylation sites (tertiary alicyclic amines) is 1. The van der Waals surface area contributed by atoms with Gasteiger partial charge in [0.25, 0.3) is 0 Å². The quantitative estimate of drug-likeness (QED) is 0.806. The summed E-state index contributed by atoms with van der Waals surface area (Å²) in [5.74, 6) is 0.353. The van der Waals surface area contributed by atoms with Gasteiger partial charge in [0, 0.05) is 25.6 Å². The van der Waals surface area contributed by atoms with E-state index in [0.29, 0.717) is 38.2 Å². The fourth-order valence-electron chi connectivity index (χ4n) is 3.89. The third-order valence-corrected chi connectivity index (χ3v) is 5.65. The molecule has 7 heteroatoms. The molecule has 1 saturated carbocycles. The van der Waals surface area contributed by atoms with Crippen molar-refractivity contribution in [3.63, 3.8) is 0 Å². The summed E-state index contributed by atoms with van der Waals surface area (Å²) in [6.07, 6.45) is 6.53. The molecule has 0 radical (unpaired) electrons. The molecule has 0 unspecified atom stereocenters. The number of aromatic hydroxyl groups is 1. The topological polar surface area (TPSA) is 88.1 Å². The third kappa shape index (κ3) is 5.30. The molecule has 2 fully saturated rings. The molecule has 1 aliphatic heterocycles. The van der Waals surface area contributed by atoms with Crippen molar-refractivity contribution >= 4 is 12.0 Å². The Morgan fingerprint density at radius 3 is 2.54 bits per heavy atom. The Bertz CT molecular complexity index is 679. The molecule has 2 aliphatic rings. The Hall–Kier alpha value is -2.44. The first-order valence-electron chi connectivity index (χ1n) is 10.2. The van der Waals surface area contributed by atoms with Crippen LogP contribution in [0.5, 0.6) is 11.5 Å². The Morgan fingerprint density at radius 1 is 1.14 bits per heavy atom. The van der Waals surface area contributed by atoms with Crippen molar-refractivity contribution in [2.45, 2.75) is 57.6 Å². The maximum atomic E-state index is 12.5. The molecule has 1 aromatic carbocycles. The van der Waals surface area contributed by atoms with Crippen LogP contribution in [0.25, 0.3) is 0 Å². The molecule has 1 heterocycles. The van der Waals surface area contributed by atoms with Gasteiger partial charge in [-0.15, -0.1) is 0 Å². The third-order valence-electron chi connectivity index (χ3n) is 5.65. The highest BCUT2D eigenvalue weighted by Crippen LogP contribution is 2.26. The van der Waals surface area contributed by atoms with Gasteiger partial charge in [0.15, 0.2) is 11.5 Å². The fraction of sp³-hybridized carbons (Fsp3) is 0.619. The summed E-state index contributed by atoms with van der Waals surface area (Å²) in [6, 6.07) is 5.01. The predicted molar refractivity (Wildman–Crippen MR) is 104 cm³/mol. The highest BCUT2D eigenvalue weighted by atomic mass is 16.6. The van der Waals surface area contributed by atoms with Crippen molar-refractivity contribution in [2.24, 2.45) is 5.92 Å². The van der Waals surface area contributed by atoms with Crippen LogP contribution in [0.2, 0.25) is 0 Å². The number of phenolic OH excluding ortho intramolecular Hbond substituents is 1. The highest BCUT2D eigenvalue weighted by molar-refractivity contribution is 5.79. The van der Waals surface area contributed by atoms with Crippen LogP contribution in [0.3, 0.4) is 0 Å². The maximum Gasteiger partial charge on any atom is 0.410 e. The molecule has 0 aromatic heterocycles. The number of hydrogen-bond acceptors (Lipinski definition) is 5. The van der Waals surface area contributed by atoms with Gasteiger partial charge in [-0.1, -0.05) is 12.5 Å². The number of ether oxygens (including phenoxy) is 2. The Balaban J connectivity index is 1.41. The first-order valence-corrected chi connectivity index (χ1v) is 10.2. The van der Waals surface area contributed by atoms with E-state index < -0.39 is 0 Å². The summed E-state index contributed by atoms with van der Waals surface area (Å²) in [5.41, 5.74) is 0.858. The van der Waals surface area contributed by atoms with Crippen molar-refractivity contribution in [1.82, 2.24) is 10.2 Å². The van der Waals surface area contributed by atoms with Gasteiger partial charge in [0.1, 0.15) is 6.10 Å². The van der Waals surface area contributed by atoms with E-state index in [9.17, 15) is 14.7 Å². The monoisotopic (exact) mass is 390 g/mol. The number of carbonyl (C=O) groups excluding carboxylic acids is 2. The van der Waals surface area contributed by atoms with E-state index in [1.807, 2.05) is 0 Å². The first-order chi connectivity index (χ1) is 13.6. The van der Waals surface area contributed by atoms with Gasteiger partial charge in [-0.25, -0.2) is 4.79 Å². The molecule has 7 nitrogen and oxygen atoms in total. The number of rotatable bonds is 5. The molecule has 0 bridgehead atoms. The minimum atomic E-state index is -0.234. The van der Waals surface area contributed by atoms with Gasteiger partial charge in [0.05, 0.1) is 7.11 Å². The van der Waals surface area contributed by atoms with Crippen LogP contribution >= 0.6 is 0 Å². The minimum absolute atomic E-state index is 0.00709. The second kappa shape index (κ2) is 9.66. The van der Waals surface area contributed by atoms with E-state index in [-0.39, 0.29) is 29.8 Å². The molecule has 1 saturated heterocycles. The van der Waals surface area contributed by atoms with Gasteiger partial charge in [-0.05, 0) is 56.2 Å². The molecular weight excluding hydrogens is 360 g/mol. The fourth-order valence-corrected chi connectivity index (χ4v) is 3.89. The lowest BCUT2D eigenvalue weighted by Gasteiger charge is -2.32. The van der Waals surface area contributed by atoms with Crippen LogP contribution in [-0.2, 0) is 16.1 Å². The summed E-state index contributed by atoms with van der Waals surface area (Å²) in [7, 11) is 1.49. The Labute approximate surface area is 166 Å². The lowest BCUT2D eigenvalue weighted by atomic mass is 9.96. The van der Waals surface area contributed by atoms with Crippen LogP contribution in [0, 0.1) is 5.92 Å². The standard InChI is InChI=1S/C21H30N2O5/c1-27-19-13-15(7-8-18(19)24)14-22-20(25)16-9-11-23(12-10-16)21(26)28-17-5-3-2-4-6-17/h7-8,13,16-17,24H,2-6,9-12,14H2,1H3,(H,22,25). The molecule has 0 spiro atoms. The van der Waals surface area contributed by atoms with Crippen molar-refractivity contribution < 1.29 is 24.2 Å². The van der Waals surface area contributed by atoms with Crippen molar-refractivity contribution in [3.8, 4) is 11.5 Å². The predicted octanol–water partition coefficient (Wildman–Crippen LogP) is 3.20. The highest BCUT2D eigenvalue weighted by Gasteiger charge is 2.29. The summed E-state index contributed by atoms with van der Waals surface area (Å²) >= 11 is 0. The van der Waals surface area contributed by atoms with Crippen LogP contribution < -0.4 is 10.1 Å². The lowest BCUT2D eigenvalue weighted by Crippen LogP contribution is -2.44. The second-order valence-electron chi connectivity index (χ2n) is 7.63. The largest absolute Gasteiger partial charge is 0.504 e. The first kappa shape index (κ1) is 20.3. The zero-order valence-corrected chi connectivity index (χ0v) is 16.5. The average molecular weight is 390 g/mol. The van der Waals surface area contributed by atoms with Gasteiger partial charge in [0.2, 0.25) is 5.91 Å². The number of nitrogens with zero attached hydrogens (tertiary/aromatic N) is 1. The van der Waals surface area contributed by atoms with Crippen molar-refractivity contribution in [2.75, 3.05) is 20.2 Å². The Kier molecular flexibility index (Phi) is 7.01. The van der Waals surface area contributed by atoms with Gasteiger partial charge >= 0.3 is 6.09 Å². The minimum Gasteiger partial charge on any atom is -0.504 e. The summed E-state index contributed by atoms with van der Waals surface area (Å²) < 4.78 is 10.7. The zero-order valence-electron chi connectivity index (χ0n) is 16.5. The molecule has 2 amide bonds. The van der Waals surface area contributed by atoms with Crippen LogP contribution in [0.15, 0.2) is 18.2 Å². The van der Waals surface area contributed by atoms with E-state index >= 15 is 0 Å². The number of nitrogens with one attached hydrogen (secondary N) is 1. The zero-order chi connectivity index (χ0) is 19.9. The van der Waals surface area contributed by atoms with Gasteiger partial charge in [-0.2, -0.15) is 0 Å². The molecule has 28 heavy (non-hydrogen) atoms. The second-order valence-corrected chi connectivity index (χ2v) is 7.63. The molecule has 154 valence electrons. The summed E-state index contributed by atoms with van der Waals surface area (Å²) in [5, 5.41) is 12.6. The summed E-state index contributed by atoms with van der Waals surface area (Å²) in [6.45, 7) is 1.48. The normalized spacial score (nSPS) is 18.5. The van der Waals surface area contributed by atoms with Crippen LogP contribution in [0.4, 0.5) is 4.79 Å². The smallest absolute Gasteiger partial charge is 0.410 e. The molecule has 3 rings (SSSR count). The SMILES string of the molecule is COc1cc(CNC(=O)C2CCN(C(=O)OC3CCCCC3)CC2)ccc1O. The summed E-state index contributed by atoms with van der Waals surface area (Å²) in [4.78, 5) is 26.5. The number of methoxy groups -OCH3 is 1. The van der Waals surface area contributed by atoms with E-state index in [2.05, 4.69) is 5.32 Å². The van der Waals surface area contributed by atoms with Crippen molar-refractivity contribution in [3.05, 3.63) is 23.8 Å². The number of piperidine rings is 1. The van der Waals surface area contributed by atoms with Gasteiger partial charge < -0.3 is 24.8 Å². The van der Waals surface area contributed by atoms with Gasteiger partial charge in [-0.3, -0.25) is 4.79 Å². The Morgan fingerprint density at radius 2 is 1.86 bits per heavy atom. The maximum absolute atomic E-state index is 12.5. The number of amides is 2. The number of carbonyl (C=O) groups is 2. The average Bonchev–Trinajstić information content (AvgIpc) is 2.73. The molecule has 1 aliphatic carbocycles. The van der Waals surface area contributed by atoms with Crippen LogP contribution in [0.1, 0.15) is 50.5 Å². The molecule has 0 atom stereocenters. The van der Waals surface area contributed by atoms with E-state index in [0.717, 1.165) is 31.2 Å². The van der Waals surface area contributed by atoms with E-state index in [4.69, 9.17) is 9.47 Å². The lowest BCUT2D eigenvalue weighted by molar-refractivity contribution is -0.126. The molecule has 2 N–H and O–H groups in total. The van der Waals surface area contributed by atoms with Crippen LogP contribution in [-0.4, -0.2) is 48.3 Å². The number of benzene rings is 1. The molecule has 1 aromatic rings.